The van der Waals surface area contributed by atoms with Crippen LogP contribution in [0.1, 0.15) is 64.6 Å². The molecular weight excluding hydrogens is 428 g/mol. The predicted molar refractivity (Wildman–Crippen MR) is 132 cm³/mol. The molecule has 0 spiro atoms. The molecule has 0 saturated carbocycles. The molecule has 1 aromatic heterocycles. The zero-order valence-corrected chi connectivity index (χ0v) is 19.5. The van der Waals surface area contributed by atoms with Crippen LogP contribution in [-0.4, -0.2) is 36.3 Å². The van der Waals surface area contributed by atoms with Gasteiger partial charge in [-0.3, -0.25) is 20.4 Å². The molecule has 2 amide bonds. The molecule has 2 atom stereocenters. The van der Waals surface area contributed by atoms with Gasteiger partial charge in [0.2, 0.25) is 0 Å². The number of hydrogen-bond donors (Lipinski definition) is 3. The fourth-order valence-electron chi connectivity index (χ4n) is 4.25. The van der Waals surface area contributed by atoms with Gasteiger partial charge in [0.25, 0.3) is 11.8 Å². The Morgan fingerprint density at radius 3 is 2.50 bits per heavy atom. The van der Waals surface area contributed by atoms with Crippen LogP contribution in [0.15, 0.2) is 77.4 Å². The van der Waals surface area contributed by atoms with E-state index in [-0.39, 0.29) is 17.6 Å². The first-order chi connectivity index (χ1) is 16.6. The molecule has 4 rings (SSSR count). The third kappa shape index (κ3) is 6.34. The third-order valence-electron chi connectivity index (χ3n) is 6.21. The highest BCUT2D eigenvalue weighted by Gasteiger charge is 2.24. The number of benzene rings is 2. The van der Waals surface area contributed by atoms with Crippen molar-refractivity contribution in [1.82, 2.24) is 15.8 Å². The van der Waals surface area contributed by atoms with E-state index in [1.165, 1.54) is 11.8 Å². The number of carbonyl (C=O) groups excluding carboxylic acids is 2. The molecule has 7 heteroatoms. The van der Waals surface area contributed by atoms with E-state index in [4.69, 9.17) is 4.42 Å². The molecule has 2 aromatic carbocycles. The number of carbonyl (C=O) groups is 2. The van der Waals surface area contributed by atoms with Gasteiger partial charge in [0.1, 0.15) is 0 Å². The summed E-state index contributed by atoms with van der Waals surface area (Å²) < 4.78 is 5.09. The topological polar surface area (TPSA) is 86.6 Å². The Morgan fingerprint density at radius 1 is 0.971 bits per heavy atom. The Hall–Kier alpha value is -3.42. The number of furan rings is 1. The van der Waals surface area contributed by atoms with Gasteiger partial charge in [-0.05, 0) is 61.2 Å². The lowest BCUT2D eigenvalue weighted by Crippen LogP contribution is -2.30. The SMILES string of the molecule is CN(CCCCCC1CC(c2ccccc2)NN1)C(=O)c1ccc(NC(=O)c2ccco2)cc1. The molecule has 0 bridgehead atoms. The number of nitrogens with zero attached hydrogens (tertiary/aromatic N) is 1. The summed E-state index contributed by atoms with van der Waals surface area (Å²) in [7, 11) is 1.84. The van der Waals surface area contributed by atoms with Crippen molar-refractivity contribution in [3.05, 3.63) is 89.9 Å². The highest BCUT2D eigenvalue weighted by molar-refractivity contribution is 6.02. The molecule has 2 heterocycles. The maximum Gasteiger partial charge on any atom is 0.291 e. The van der Waals surface area contributed by atoms with Gasteiger partial charge in [0, 0.05) is 36.9 Å². The van der Waals surface area contributed by atoms with Gasteiger partial charge >= 0.3 is 0 Å². The zero-order chi connectivity index (χ0) is 23.8. The number of anilines is 1. The summed E-state index contributed by atoms with van der Waals surface area (Å²) in [6, 6.07) is 21.6. The standard InChI is InChI=1S/C27H32N4O3/c1-31(17-7-3-6-11-23-19-24(30-29-23)20-9-4-2-5-10-20)27(33)21-13-15-22(16-14-21)28-26(32)25-12-8-18-34-25/h2,4-5,8-10,12-16,18,23-24,29-30H,3,6-7,11,17,19H2,1H3,(H,28,32). The van der Waals surface area contributed by atoms with Gasteiger partial charge in [0.15, 0.2) is 5.76 Å². The maximum atomic E-state index is 12.7. The van der Waals surface area contributed by atoms with Gasteiger partial charge in [-0.1, -0.05) is 43.2 Å². The van der Waals surface area contributed by atoms with Crippen LogP contribution in [0.3, 0.4) is 0 Å². The molecule has 1 aliphatic heterocycles. The average molecular weight is 461 g/mol. The Labute approximate surface area is 200 Å². The van der Waals surface area contributed by atoms with Crippen molar-refractivity contribution in [3.8, 4) is 0 Å². The van der Waals surface area contributed by atoms with E-state index in [2.05, 4.69) is 40.4 Å². The fraction of sp³-hybridized carbons (Fsp3) is 0.333. The average Bonchev–Trinajstić information content (AvgIpc) is 3.57. The van der Waals surface area contributed by atoms with Crippen LogP contribution >= 0.6 is 0 Å². The van der Waals surface area contributed by atoms with Crippen LogP contribution in [0.25, 0.3) is 0 Å². The second-order valence-corrected chi connectivity index (χ2v) is 8.77. The van der Waals surface area contributed by atoms with Crippen molar-refractivity contribution >= 4 is 17.5 Å². The van der Waals surface area contributed by atoms with E-state index in [0.717, 1.165) is 38.6 Å². The first-order valence-electron chi connectivity index (χ1n) is 11.9. The number of rotatable bonds is 10. The molecule has 178 valence electrons. The Bertz CT molecular complexity index is 1050. The molecule has 0 radical (unpaired) electrons. The molecule has 34 heavy (non-hydrogen) atoms. The summed E-state index contributed by atoms with van der Waals surface area (Å²) in [6.45, 7) is 0.721. The first-order valence-corrected chi connectivity index (χ1v) is 11.9. The summed E-state index contributed by atoms with van der Waals surface area (Å²) in [5.74, 6) is -0.0903. The van der Waals surface area contributed by atoms with Crippen LogP contribution in [0, 0.1) is 0 Å². The smallest absolute Gasteiger partial charge is 0.291 e. The van der Waals surface area contributed by atoms with Gasteiger partial charge < -0.3 is 14.6 Å². The molecule has 0 aliphatic carbocycles. The fourth-order valence-corrected chi connectivity index (χ4v) is 4.25. The Morgan fingerprint density at radius 2 is 1.76 bits per heavy atom. The summed E-state index contributed by atoms with van der Waals surface area (Å²) >= 11 is 0. The van der Waals surface area contributed by atoms with E-state index in [0.29, 0.717) is 23.3 Å². The highest BCUT2D eigenvalue weighted by atomic mass is 16.3. The van der Waals surface area contributed by atoms with E-state index in [9.17, 15) is 9.59 Å². The minimum Gasteiger partial charge on any atom is -0.459 e. The Kier molecular flexibility index (Phi) is 8.12. The summed E-state index contributed by atoms with van der Waals surface area (Å²) in [5.41, 5.74) is 9.37. The molecule has 1 saturated heterocycles. The maximum absolute atomic E-state index is 12.7. The molecule has 1 fully saturated rings. The summed E-state index contributed by atoms with van der Waals surface area (Å²) in [4.78, 5) is 26.5. The van der Waals surface area contributed by atoms with Gasteiger partial charge in [-0.25, -0.2) is 0 Å². The van der Waals surface area contributed by atoms with Crippen LogP contribution in [-0.2, 0) is 0 Å². The quantitative estimate of drug-likeness (QED) is 0.379. The molecule has 3 aromatic rings. The van der Waals surface area contributed by atoms with Crippen molar-refractivity contribution in [1.29, 1.82) is 0 Å². The number of hydrazine groups is 1. The second-order valence-electron chi connectivity index (χ2n) is 8.77. The minimum absolute atomic E-state index is 0.0173. The van der Waals surface area contributed by atoms with E-state index < -0.39 is 0 Å². The third-order valence-corrected chi connectivity index (χ3v) is 6.21. The number of amides is 2. The van der Waals surface area contributed by atoms with E-state index >= 15 is 0 Å². The second kappa shape index (κ2) is 11.6. The predicted octanol–water partition coefficient (Wildman–Crippen LogP) is 4.77. The monoisotopic (exact) mass is 460 g/mol. The van der Waals surface area contributed by atoms with Crippen molar-refractivity contribution in [2.24, 2.45) is 0 Å². The van der Waals surface area contributed by atoms with Crippen LogP contribution < -0.4 is 16.2 Å². The van der Waals surface area contributed by atoms with Crippen molar-refractivity contribution in [3.63, 3.8) is 0 Å². The largest absolute Gasteiger partial charge is 0.459 e. The molecule has 3 N–H and O–H groups in total. The van der Waals surface area contributed by atoms with Gasteiger partial charge in [0.05, 0.1) is 6.26 Å². The highest BCUT2D eigenvalue weighted by Crippen LogP contribution is 2.24. The molecule has 2 unspecified atom stereocenters. The zero-order valence-electron chi connectivity index (χ0n) is 19.5. The lowest BCUT2D eigenvalue weighted by atomic mass is 9.99. The number of unbranched alkanes of at least 4 members (excludes halogenated alkanes) is 2. The molecular formula is C27H32N4O3. The van der Waals surface area contributed by atoms with Crippen LogP contribution in [0.2, 0.25) is 0 Å². The van der Waals surface area contributed by atoms with Crippen LogP contribution in [0.5, 0.6) is 0 Å². The van der Waals surface area contributed by atoms with E-state index in [1.54, 1.807) is 41.3 Å². The molecule has 1 aliphatic rings. The van der Waals surface area contributed by atoms with Crippen molar-refractivity contribution in [2.75, 3.05) is 18.9 Å². The van der Waals surface area contributed by atoms with Gasteiger partial charge in [-0.2, -0.15) is 0 Å². The minimum atomic E-state index is -0.319. The van der Waals surface area contributed by atoms with Crippen molar-refractivity contribution < 1.29 is 14.0 Å². The van der Waals surface area contributed by atoms with Crippen LogP contribution in [0.4, 0.5) is 5.69 Å². The molecule has 7 nitrogen and oxygen atoms in total. The first kappa shape index (κ1) is 23.7. The van der Waals surface area contributed by atoms with Gasteiger partial charge in [-0.15, -0.1) is 0 Å². The summed E-state index contributed by atoms with van der Waals surface area (Å²) in [5, 5.41) is 2.76. The lowest BCUT2D eigenvalue weighted by molar-refractivity contribution is 0.0792. The normalized spacial score (nSPS) is 17.4. The lowest BCUT2D eigenvalue weighted by Gasteiger charge is -2.17. The number of hydrogen-bond acceptors (Lipinski definition) is 5. The van der Waals surface area contributed by atoms with E-state index in [1.807, 2.05) is 13.1 Å². The number of nitrogens with one attached hydrogen (secondary N) is 3. The summed E-state index contributed by atoms with van der Waals surface area (Å²) in [6.07, 6.45) is 6.87. The Balaban J connectivity index is 1.13. The van der Waals surface area contributed by atoms with Crippen molar-refractivity contribution in [2.45, 2.75) is 44.2 Å².